The van der Waals surface area contributed by atoms with Crippen LogP contribution in [0.4, 0.5) is 0 Å². The molecule has 0 fully saturated rings. The van der Waals surface area contributed by atoms with Gasteiger partial charge in [0.05, 0.1) is 6.61 Å². The Balaban J connectivity index is 2.22. The normalized spacial score (nSPS) is 10.4. The highest BCUT2D eigenvalue weighted by Gasteiger charge is 2.09. The summed E-state index contributed by atoms with van der Waals surface area (Å²) in [4.78, 5) is 22.9. The van der Waals surface area contributed by atoms with E-state index in [4.69, 9.17) is 21.1 Å². The Kier molecular flexibility index (Phi) is 7.09. The molecule has 1 aromatic carbocycles. The van der Waals surface area contributed by atoms with Crippen molar-refractivity contribution in [3.8, 4) is 5.75 Å². The van der Waals surface area contributed by atoms with E-state index in [0.717, 1.165) is 0 Å². The van der Waals surface area contributed by atoms with E-state index >= 15 is 0 Å². The summed E-state index contributed by atoms with van der Waals surface area (Å²) in [6.07, 6.45) is 0.803. The van der Waals surface area contributed by atoms with Gasteiger partial charge in [0.2, 0.25) is 0 Å². The molecule has 0 radical (unpaired) electrons. The third-order valence-electron chi connectivity index (χ3n) is 2.37. The molecule has 1 rings (SSSR count). The first-order valence-corrected chi connectivity index (χ1v) is 6.97. The van der Waals surface area contributed by atoms with Crippen LogP contribution >= 0.6 is 11.6 Å². The Bertz CT molecular complexity index is 457. The van der Waals surface area contributed by atoms with E-state index < -0.39 is 0 Å². The zero-order valence-corrected chi connectivity index (χ0v) is 12.5. The van der Waals surface area contributed by atoms with Crippen molar-refractivity contribution < 1.29 is 19.1 Å². The van der Waals surface area contributed by atoms with Crippen LogP contribution in [-0.4, -0.2) is 18.5 Å². The van der Waals surface area contributed by atoms with E-state index in [9.17, 15) is 9.59 Å². The second-order valence-corrected chi connectivity index (χ2v) is 5.30. The van der Waals surface area contributed by atoms with E-state index in [-0.39, 0.29) is 24.8 Å². The minimum absolute atomic E-state index is 0.170. The van der Waals surface area contributed by atoms with Crippen molar-refractivity contribution in [2.45, 2.75) is 33.1 Å². The molecule has 0 saturated heterocycles. The molecule has 0 aromatic heterocycles. The highest BCUT2D eigenvalue weighted by molar-refractivity contribution is 6.30. The lowest BCUT2D eigenvalue weighted by Gasteiger charge is -2.07. The van der Waals surface area contributed by atoms with Crippen molar-refractivity contribution in [2.24, 2.45) is 5.92 Å². The number of ether oxygens (including phenoxy) is 2. The fraction of sp³-hybridized carbons (Fsp3) is 0.467. The molecular formula is C15H19ClO4. The van der Waals surface area contributed by atoms with Crippen LogP contribution in [0, 0.1) is 5.92 Å². The molecule has 0 aliphatic heterocycles. The number of carbonyl (C=O) groups excluding carboxylic acids is 2. The molecule has 0 bridgehead atoms. The second-order valence-electron chi connectivity index (χ2n) is 4.86. The van der Waals surface area contributed by atoms with E-state index in [0.29, 0.717) is 29.7 Å². The first kappa shape index (κ1) is 16.5. The Morgan fingerprint density at radius 2 is 1.90 bits per heavy atom. The molecule has 0 heterocycles. The topological polar surface area (TPSA) is 52.6 Å². The molecule has 0 aliphatic rings. The first-order valence-electron chi connectivity index (χ1n) is 6.59. The summed E-state index contributed by atoms with van der Waals surface area (Å²) in [5.74, 6) is 0.0508. The summed E-state index contributed by atoms with van der Waals surface area (Å²) in [6, 6.07) is 6.62. The van der Waals surface area contributed by atoms with Crippen LogP contribution < -0.4 is 4.74 Å². The molecule has 0 unspecified atom stereocenters. The van der Waals surface area contributed by atoms with Crippen molar-refractivity contribution in [1.82, 2.24) is 0 Å². The van der Waals surface area contributed by atoms with Gasteiger partial charge in [-0.2, -0.15) is 0 Å². The van der Waals surface area contributed by atoms with Crippen LogP contribution in [0.3, 0.4) is 0 Å². The van der Waals surface area contributed by atoms with E-state index in [2.05, 4.69) is 0 Å². The van der Waals surface area contributed by atoms with Gasteiger partial charge in [0.15, 0.2) is 0 Å². The summed E-state index contributed by atoms with van der Waals surface area (Å²) < 4.78 is 10.1. The molecule has 0 aliphatic carbocycles. The molecule has 1 aromatic rings. The average molecular weight is 299 g/mol. The van der Waals surface area contributed by atoms with Gasteiger partial charge in [0.1, 0.15) is 5.75 Å². The van der Waals surface area contributed by atoms with E-state index in [1.165, 1.54) is 0 Å². The van der Waals surface area contributed by atoms with Crippen LogP contribution in [0.15, 0.2) is 24.3 Å². The number of hydrogen-bond donors (Lipinski definition) is 0. The van der Waals surface area contributed by atoms with Gasteiger partial charge in [-0.1, -0.05) is 31.5 Å². The molecule has 0 atom stereocenters. The monoisotopic (exact) mass is 298 g/mol. The van der Waals surface area contributed by atoms with Crippen LogP contribution in [-0.2, 0) is 14.3 Å². The van der Waals surface area contributed by atoms with Crippen molar-refractivity contribution in [3.63, 3.8) is 0 Å². The zero-order chi connectivity index (χ0) is 15.0. The Hall–Kier alpha value is -1.55. The standard InChI is InChI=1S/C15H19ClO4/c1-11(2)10-19-14(17)7-4-8-15(18)20-13-6-3-5-12(16)9-13/h3,5-6,9,11H,4,7-8,10H2,1-2H3. The maximum Gasteiger partial charge on any atom is 0.311 e. The predicted octanol–water partition coefficient (Wildman–Crippen LogP) is 3.61. The molecule has 5 heteroatoms. The molecular weight excluding hydrogens is 280 g/mol. The molecule has 0 spiro atoms. The molecule has 110 valence electrons. The van der Waals surface area contributed by atoms with Gasteiger partial charge in [-0.15, -0.1) is 0 Å². The Morgan fingerprint density at radius 3 is 2.55 bits per heavy atom. The van der Waals surface area contributed by atoms with E-state index in [1.54, 1.807) is 24.3 Å². The van der Waals surface area contributed by atoms with Gasteiger partial charge >= 0.3 is 11.9 Å². The number of halogens is 1. The van der Waals surface area contributed by atoms with E-state index in [1.807, 2.05) is 13.8 Å². The lowest BCUT2D eigenvalue weighted by Crippen LogP contribution is -2.12. The van der Waals surface area contributed by atoms with Gasteiger partial charge in [-0.05, 0) is 30.5 Å². The highest BCUT2D eigenvalue weighted by Crippen LogP contribution is 2.17. The maximum atomic E-state index is 11.6. The predicted molar refractivity (Wildman–Crippen MR) is 76.7 cm³/mol. The van der Waals surface area contributed by atoms with Crippen molar-refractivity contribution >= 4 is 23.5 Å². The smallest absolute Gasteiger partial charge is 0.311 e. The summed E-state index contributed by atoms with van der Waals surface area (Å²) in [6.45, 7) is 4.34. The first-order chi connectivity index (χ1) is 9.47. The molecule has 0 N–H and O–H groups in total. The molecule has 20 heavy (non-hydrogen) atoms. The number of benzene rings is 1. The summed E-state index contributed by atoms with van der Waals surface area (Å²) in [5, 5.41) is 0.507. The maximum absolute atomic E-state index is 11.6. The van der Waals surface area contributed by atoms with Crippen molar-refractivity contribution in [1.29, 1.82) is 0 Å². The summed E-state index contributed by atoms with van der Waals surface area (Å²) >= 11 is 5.78. The van der Waals surface area contributed by atoms with Gasteiger partial charge < -0.3 is 9.47 Å². The number of esters is 2. The van der Waals surface area contributed by atoms with Gasteiger partial charge in [-0.3, -0.25) is 9.59 Å². The average Bonchev–Trinajstić information content (AvgIpc) is 2.36. The Labute approximate surface area is 124 Å². The van der Waals surface area contributed by atoms with Crippen LogP contribution in [0.1, 0.15) is 33.1 Å². The van der Waals surface area contributed by atoms with Crippen LogP contribution in [0.5, 0.6) is 5.75 Å². The number of rotatable bonds is 7. The fourth-order valence-electron chi connectivity index (χ4n) is 1.42. The van der Waals surface area contributed by atoms with Gasteiger partial charge in [0, 0.05) is 17.9 Å². The molecule has 0 amide bonds. The second kappa shape index (κ2) is 8.59. The SMILES string of the molecule is CC(C)COC(=O)CCCC(=O)Oc1cccc(Cl)c1. The van der Waals surface area contributed by atoms with Crippen molar-refractivity contribution in [2.75, 3.05) is 6.61 Å². The third-order valence-corrected chi connectivity index (χ3v) is 2.60. The minimum atomic E-state index is -0.385. The fourth-order valence-corrected chi connectivity index (χ4v) is 1.60. The lowest BCUT2D eigenvalue weighted by atomic mass is 10.2. The van der Waals surface area contributed by atoms with Crippen molar-refractivity contribution in [3.05, 3.63) is 29.3 Å². The lowest BCUT2D eigenvalue weighted by molar-refractivity contribution is -0.145. The highest BCUT2D eigenvalue weighted by atomic mass is 35.5. The minimum Gasteiger partial charge on any atom is -0.465 e. The molecule has 4 nitrogen and oxygen atoms in total. The quantitative estimate of drug-likeness (QED) is 0.570. The van der Waals surface area contributed by atoms with Crippen LogP contribution in [0.2, 0.25) is 5.02 Å². The summed E-state index contributed by atoms with van der Waals surface area (Å²) in [5.41, 5.74) is 0. The zero-order valence-electron chi connectivity index (χ0n) is 11.7. The van der Waals surface area contributed by atoms with Crippen LogP contribution in [0.25, 0.3) is 0 Å². The largest absolute Gasteiger partial charge is 0.465 e. The number of hydrogen-bond acceptors (Lipinski definition) is 4. The number of carbonyl (C=O) groups is 2. The third kappa shape index (κ3) is 7.14. The Morgan fingerprint density at radius 1 is 1.20 bits per heavy atom. The van der Waals surface area contributed by atoms with Gasteiger partial charge in [-0.25, -0.2) is 0 Å². The summed E-state index contributed by atoms with van der Waals surface area (Å²) in [7, 11) is 0. The van der Waals surface area contributed by atoms with Gasteiger partial charge in [0.25, 0.3) is 0 Å². The molecule has 0 saturated carbocycles.